The van der Waals surface area contributed by atoms with E-state index in [2.05, 4.69) is 17.0 Å². The summed E-state index contributed by atoms with van der Waals surface area (Å²) in [6.45, 7) is 8.05. The van der Waals surface area contributed by atoms with E-state index in [-0.39, 0.29) is 11.2 Å². The second-order valence-corrected chi connectivity index (χ2v) is 5.75. The van der Waals surface area contributed by atoms with Gasteiger partial charge in [-0.2, -0.15) is 0 Å². The summed E-state index contributed by atoms with van der Waals surface area (Å²) < 4.78 is 1.61. The Labute approximate surface area is 118 Å². The molecule has 1 N–H and O–H groups in total. The lowest BCUT2D eigenvalue weighted by Crippen LogP contribution is -2.18. The number of carbonyl (C=O) groups is 1. The highest BCUT2D eigenvalue weighted by Crippen LogP contribution is 2.23. The van der Waals surface area contributed by atoms with Gasteiger partial charge in [-0.15, -0.1) is 5.10 Å². The minimum Gasteiger partial charge on any atom is -0.475 e. The third kappa shape index (κ3) is 2.71. The van der Waals surface area contributed by atoms with Crippen molar-refractivity contribution in [3.63, 3.8) is 0 Å². The van der Waals surface area contributed by atoms with Crippen LogP contribution in [0.15, 0.2) is 24.3 Å². The minimum atomic E-state index is -1.11. The molecule has 0 atom stereocenters. The van der Waals surface area contributed by atoms with Crippen molar-refractivity contribution < 1.29 is 9.90 Å². The van der Waals surface area contributed by atoms with Crippen molar-refractivity contribution >= 4 is 5.97 Å². The molecule has 0 saturated heterocycles. The Morgan fingerprint density at radius 2 is 1.85 bits per heavy atom. The van der Waals surface area contributed by atoms with Gasteiger partial charge in [0, 0.05) is 5.41 Å². The van der Waals surface area contributed by atoms with Gasteiger partial charge in [0.25, 0.3) is 5.82 Å². The van der Waals surface area contributed by atoms with E-state index in [4.69, 9.17) is 5.11 Å². The number of aromatic nitrogens is 3. The first kappa shape index (κ1) is 14.2. The summed E-state index contributed by atoms with van der Waals surface area (Å²) in [5.41, 5.74) is 1.76. The van der Waals surface area contributed by atoms with Crippen LogP contribution in [-0.4, -0.2) is 25.8 Å². The highest BCUT2D eigenvalue weighted by molar-refractivity contribution is 5.83. The zero-order valence-electron chi connectivity index (χ0n) is 12.2. The highest BCUT2D eigenvalue weighted by atomic mass is 16.4. The summed E-state index contributed by atoms with van der Waals surface area (Å²) >= 11 is 0. The van der Waals surface area contributed by atoms with Gasteiger partial charge in [0.2, 0.25) is 0 Å². The van der Waals surface area contributed by atoms with Crippen molar-refractivity contribution in [1.82, 2.24) is 14.8 Å². The summed E-state index contributed by atoms with van der Waals surface area (Å²) in [7, 11) is 0. The summed E-state index contributed by atoms with van der Waals surface area (Å²) in [4.78, 5) is 15.2. The summed E-state index contributed by atoms with van der Waals surface area (Å²) in [6, 6.07) is 7.91. The molecule has 106 valence electrons. The topological polar surface area (TPSA) is 68.0 Å². The molecule has 0 aliphatic carbocycles. The van der Waals surface area contributed by atoms with Gasteiger partial charge in [-0.05, 0) is 24.1 Å². The number of aryl methyl sites for hydroxylation is 1. The van der Waals surface area contributed by atoms with Crippen molar-refractivity contribution in [3.05, 3.63) is 41.5 Å². The monoisotopic (exact) mass is 273 g/mol. The molecule has 2 rings (SSSR count). The van der Waals surface area contributed by atoms with E-state index < -0.39 is 5.97 Å². The van der Waals surface area contributed by atoms with E-state index in [1.54, 1.807) is 4.68 Å². The lowest BCUT2D eigenvalue weighted by molar-refractivity contribution is 0.0683. The third-order valence-electron chi connectivity index (χ3n) is 3.06. The number of hydrogen-bond acceptors (Lipinski definition) is 3. The molecule has 0 aliphatic heterocycles. The van der Waals surface area contributed by atoms with Gasteiger partial charge < -0.3 is 5.11 Å². The van der Waals surface area contributed by atoms with Crippen LogP contribution in [0.3, 0.4) is 0 Å². The molecule has 0 unspecified atom stereocenters. The van der Waals surface area contributed by atoms with Gasteiger partial charge in [0.05, 0.1) is 5.69 Å². The molecule has 2 aromatic rings. The number of benzene rings is 1. The fourth-order valence-electron chi connectivity index (χ4n) is 1.94. The number of aromatic carboxylic acids is 1. The Bertz CT molecular complexity index is 622. The molecule has 1 aromatic carbocycles. The van der Waals surface area contributed by atoms with E-state index in [1.807, 2.05) is 45.0 Å². The van der Waals surface area contributed by atoms with Gasteiger partial charge in [0.1, 0.15) is 5.82 Å². The predicted octanol–water partition coefficient (Wildman–Crippen LogP) is 2.83. The van der Waals surface area contributed by atoms with Crippen LogP contribution in [0.25, 0.3) is 5.69 Å². The maximum atomic E-state index is 11.1. The van der Waals surface area contributed by atoms with Crippen LogP contribution in [0.4, 0.5) is 0 Å². The average molecular weight is 273 g/mol. The highest BCUT2D eigenvalue weighted by Gasteiger charge is 2.25. The van der Waals surface area contributed by atoms with Crippen LogP contribution in [0.5, 0.6) is 0 Å². The van der Waals surface area contributed by atoms with Crippen LogP contribution >= 0.6 is 0 Å². The smallest absolute Gasteiger partial charge is 0.375 e. The quantitative estimate of drug-likeness (QED) is 0.933. The van der Waals surface area contributed by atoms with E-state index in [1.165, 1.54) is 5.56 Å². The molecular formula is C15H19N3O2. The van der Waals surface area contributed by atoms with Crippen LogP contribution < -0.4 is 0 Å². The fourth-order valence-corrected chi connectivity index (χ4v) is 1.94. The second kappa shape index (κ2) is 5.07. The number of carboxylic acids is 1. The van der Waals surface area contributed by atoms with Crippen molar-refractivity contribution in [1.29, 1.82) is 0 Å². The fraction of sp³-hybridized carbons (Fsp3) is 0.400. The summed E-state index contributed by atoms with van der Waals surface area (Å²) in [5.74, 6) is -0.645. The van der Waals surface area contributed by atoms with Crippen LogP contribution in [0, 0.1) is 0 Å². The Balaban J connectivity index is 2.56. The molecule has 0 spiro atoms. The van der Waals surface area contributed by atoms with Gasteiger partial charge in [-0.25, -0.2) is 14.5 Å². The Morgan fingerprint density at radius 3 is 2.30 bits per heavy atom. The van der Waals surface area contributed by atoms with E-state index >= 15 is 0 Å². The van der Waals surface area contributed by atoms with E-state index in [0.29, 0.717) is 5.82 Å². The molecular weight excluding hydrogens is 254 g/mol. The van der Waals surface area contributed by atoms with Crippen molar-refractivity contribution in [2.45, 2.75) is 39.5 Å². The van der Waals surface area contributed by atoms with Gasteiger partial charge >= 0.3 is 5.97 Å². The number of rotatable bonds is 3. The number of nitrogens with zero attached hydrogens (tertiary/aromatic N) is 3. The first-order valence-corrected chi connectivity index (χ1v) is 6.63. The van der Waals surface area contributed by atoms with Crippen LogP contribution in [0.2, 0.25) is 0 Å². The Hall–Kier alpha value is -2.17. The zero-order chi connectivity index (χ0) is 14.9. The molecule has 5 nitrogen and oxygen atoms in total. The molecule has 0 bridgehead atoms. The van der Waals surface area contributed by atoms with E-state index in [0.717, 1.165) is 12.1 Å². The van der Waals surface area contributed by atoms with Crippen LogP contribution in [0.1, 0.15) is 49.7 Å². The van der Waals surface area contributed by atoms with Gasteiger partial charge in [-0.1, -0.05) is 39.8 Å². The molecule has 1 heterocycles. The van der Waals surface area contributed by atoms with E-state index in [9.17, 15) is 4.79 Å². The molecule has 0 fully saturated rings. The number of hydrogen-bond donors (Lipinski definition) is 1. The Kier molecular flexibility index (Phi) is 3.61. The average Bonchev–Trinajstić information content (AvgIpc) is 2.84. The first-order chi connectivity index (χ1) is 9.32. The summed E-state index contributed by atoms with van der Waals surface area (Å²) in [5, 5.41) is 13.2. The first-order valence-electron chi connectivity index (χ1n) is 6.63. The van der Waals surface area contributed by atoms with Crippen molar-refractivity contribution in [3.8, 4) is 5.69 Å². The van der Waals surface area contributed by atoms with Gasteiger partial charge in [-0.3, -0.25) is 0 Å². The molecule has 0 aliphatic rings. The maximum absolute atomic E-state index is 11.1. The molecule has 1 aromatic heterocycles. The molecule has 0 amide bonds. The minimum absolute atomic E-state index is 0.172. The molecule has 0 saturated carbocycles. The lowest BCUT2D eigenvalue weighted by Gasteiger charge is -2.18. The SMILES string of the molecule is CCc1ccc(-n2nc(C(=O)O)nc2C(C)(C)C)cc1. The largest absolute Gasteiger partial charge is 0.475 e. The third-order valence-corrected chi connectivity index (χ3v) is 3.06. The standard InChI is InChI=1S/C15H19N3O2/c1-5-10-6-8-11(9-7-10)18-14(15(2,3)4)16-12(17-18)13(19)20/h6-9H,5H2,1-4H3,(H,19,20). The zero-order valence-corrected chi connectivity index (χ0v) is 12.2. The van der Waals surface area contributed by atoms with Crippen LogP contribution in [-0.2, 0) is 11.8 Å². The molecule has 5 heteroatoms. The second-order valence-electron chi connectivity index (χ2n) is 5.75. The lowest BCUT2D eigenvalue weighted by atomic mass is 9.95. The van der Waals surface area contributed by atoms with Crippen molar-refractivity contribution in [2.24, 2.45) is 0 Å². The Morgan fingerprint density at radius 1 is 1.25 bits per heavy atom. The molecule has 20 heavy (non-hydrogen) atoms. The van der Waals surface area contributed by atoms with Gasteiger partial charge in [0.15, 0.2) is 0 Å². The van der Waals surface area contributed by atoms with Crippen molar-refractivity contribution in [2.75, 3.05) is 0 Å². The molecule has 0 radical (unpaired) electrons. The summed E-state index contributed by atoms with van der Waals surface area (Å²) in [6.07, 6.45) is 0.962. The maximum Gasteiger partial charge on any atom is 0.375 e. The normalized spacial score (nSPS) is 11.6. The predicted molar refractivity (Wildman–Crippen MR) is 76.4 cm³/mol. The number of carboxylic acid groups (broad SMARTS) is 1.